The number of thiazole rings is 1. The van der Waals surface area contributed by atoms with Crippen LogP contribution >= 0.6 is 22.9 Å². The summed E-state index contributed by atoms with van der Waals surface area (Å²) < 4.78 is 8.48. The van der Waals surface area contributed by atoms with Crippen LogP contribution in [-0.2, 0) is 11.4 Å². The summed E-state index contributed by atoms with van der Waals surface area (Å²) >= 11 is 7.53. The SMILES string of the molecule is CCN(CC)C(=O)C1=C(C)N=c2s/c(=C/c3ccccc3OCc3cccc4ccccc34)c(=O)n2[C@@H]1c1ccc(Cl)cc1. The molecule has 222 valence electrons. The molecule has 44 heavy (non-hydrogen) atoms. The van der Waals surface area contributed by atoms with E-state index in [9.17, 15) is 9.59 Å². The van der Waals surface area contributed by atoms with E-state index in [1.807, 2.05) is 81.4 Å². The van der Waals surface area contributed by atoms with Crippen molar-refractivity contribution < 1.29 is 9.53 Å². The first-order valence-electron chi connectivity index (χ1n) is 14.6. The number of aromatic nitrogens is 1. The Kier molecular flexibility index (Phi) is 8.51. The highest BCUT2D eigenvalue weighted by Gasteiger charge is 2.34. The van der Waals surface area contributed by atoms with Gasteiger partial charge in [-0.2, -0.15) is 0 Å². The van der Waals surface area contributed by atoms with Crippen molar-refractivity contribution in [2.75, 3.05) is 13.1 Å². The molecule has 5 aromatic rings. The van der Waals surface area contributed by atoms with E-state index in [0.29, 0.717) is 51.1 Å². The van der Waals surface area contributed by atoms with E-state index in [1.165, 1.54) is 11.3 Å². The summed E-state index contributed by atoms with van der Waals surface area (Å²) in [6, 6.07) is 28.8. The van der Waals surface area contributed by atoms with Gasteiger partial charge in [-0.15, -0.1) is 0 Å². The number of allylic oxidation sites excluding steroid dienone is 1. The Morgan fingerprint density at radius 1 is 0.977 bits per heavy atom. The van der Waals surface area contributed by atoms with Gasteiger partial charge >= 0.3 is 0 Å². The molecule has 0 saturated carbocycles. The van der Waals surface area contributed by atoms with E-state index in [-0.39, 0.29) is 11.5 Å². The van der Waals surface area contributed by atoms with Crippen molar-refractivity contribution >= 4 is 45.7 Å². The standard InChI is InChI=1S/C36H32ClN3O3S/c1-4-39(5-2)35(42)32-23(3)38-36-40(33(32)25-17-19-28(37)20-18-25)34(41)31(44-36)21-26-12-7-9-16-30(26)43-22-27-14-10-13-24-11-6-8-15-29(24)27/h6-21,33H,4-5,22H2,1-3H3/b31-21+/t33-/m1/s1. The van der Waals surface area contributed by atoms with Crippen molar-refractivity contribution in [3.05, 3.63) is 144 Å². The third kappa shape index (κ3) is 5.61. The number of carbonyl (C=O) groups excluding carboxylic acids is 1. The van der Waals surface area contributed by atoms with Crippen LogP contribution in [-0.4, -0.2) is 28.5 Å². The van der Waals surface area contributed by atoms with Crippen LogP contribution in [0.3, 0.4) is 0 Å². The van der Waals surface area contributed by atoms with Crippen molar-refractivity contribution in [1.82, 2.24) is 9.47 Å². The highest BCUT2D eigenvalue weighted by atomic mass is 35.5. The summed E-state index contributed by atoms with van der Waals surface area (Å²) in [6.45, 7) is 7.24. The Morgan fingerprint density at radius 2 is 1.68 bits per heavy atom. The molecule has 1 aliphatic rings. The van der Waals surface area contributed by atoms with Gasteiger partial charge in [0.05, 0.1) is 21.8 Å². The van der Waals surface area contributed by atoms with E-state index < -0.39 is 6.04 Å². The lowest BCUT2D eigenvalue weighted by Gasteiger charge is -2.29. The molecule has 6 rings (SSSR count). The Morgan fingerprint density at radius 3 is 2.45 bits per heavy atom. The van der Waals surface area contributed by atoms with Crippen LogP contribution in [0.4, 0.5) is 0 Å². The topological polar surface area (TPSA) is 63.9 Å². The van der Waals surface area contributed by atoms with Gasteiger partial charge in [0.1, 0.15) is 12.4 Å². The van der Waals surface area contributed by atoms with Gasteiger partial charge in [0.25, 0.3) is 11.5 Å². The second kappa shape index (κ2) is 12.6. The lowest BCUT2D eigenvalue weighted by molar-refractivity contribution is -0.127. The number of para-hydroxylation sites is 1. The van der Waals surface area contributed by atoms with Gasteiger partial charge in [0, 0.05) is 23.7 Å². The monoisotopic (exact) mass is 621 g/mol. The number of carbonyl (C=O) groups is 1. The molecule has 0 unspecified atom stereocenters. The first-order valence-corrected chi connectivity index (χ1v) is 15.8. The number of amides is 1. The second-order valence-corrected chi connectivity index (χ2v) is 12.0. The minimum Gasteiger partial charge on any atom is -0.488 e. The zero-order chi connectivity index (χ0) is 30.8. The molecule has 0 fully saturated rings. The molecule has 6 nitrogen and oxygen atoms in total. The fourth-order valence-corrected chi connectivity index (χ4v) is 6.85. The molecule has 2 heterocycles. The number of ether oxygens (including phenoxy) is 1. The summed E-state index contributed by atoms with van der Waals surface area (Å²) in [5.74, 6) is 0.548. The molecular formula is C36H32ClN3O3S. The van der Waals surface area contributed by atoms with E-state index in [4.69, 9.17) is 21.3 Å². The maximum absolute atomic E-state index is 14.2. The average Bonchev–Trinajstić information content (AvgIpc) is 3.34. The molecule has 4 aromatic carbocycles. The predicted molar refractivity (Wildman–Crippen MR) is 178 cm³/mol. The second-order valence-electron chi connectivity index (χ2n) is 10.6. The number of hydrogen-bond acceptors (Lipinski definition) is 5. The molecule has 1 aromatic heterocycles. The smallest absolute Gasteiger partial charge is 0.271 e. The van der Waals surface area contributed by atoms with Crippen LogP contribution < -0.4 is 19.6 Å². The molecule has 0 saturated heterocycles. The van der Waals surface area contributed by atoms with Gasteiger partial charge in [0.2, 0.25) is 0 Å². The molecule has 0 spiro atoms. The molecule has 0 N–H and O–H groups in total. The van der Waals surface area contributed by atoms with Crippen LogP contribution in [0, 0.1) is 0 Å². The Labute approximate surface area is 264 Å². The van der Waals surface area contributed by atoms with Crippen LogP contribution in [0.15, 0.2) is 112 Å². The van der Waals surface area contributed by atoms with Crippen LogP contribution in [0.2, 0.25) is 5.02 Å². The number of halogens is 1. The normalized spacial score (nSPS) is 14.8. The molecule has 0 radical (unpaired) electrons. The van der Waals surface area contributed by atoms with E-state index in [0.717, 1.165) is 27.5 Å². The third-order valence-corrected chi connectivity index (χ3v) is 9.19. The number of hydrogen-bond donors (Lipinski definition) is 0. The minimum absolute atomic E-state index is 0.127. The summed E-state index contributed by atoms with van der Waals surface area (Å²) in [5.41, 5.74) is 3.56. The first-order chi connectivity index (χ1) is 21.4. The van der Waals surface area contributed by atoms with E-state index in [1.54, 1.807) is 21.6 Å². The van der Waals surface area contributed by atoms with Crippen molar-refractivity contribution in [3.63, 3.8) is 0 Å². The van der Waals surface area contributed by atoms with Gasteiger partial charge in [0.15, 0.2) is 4.80 Å². The summed E-state index contributed by atoms with van der Waals surface area (Å²) in [6.07, 6.45) is 1.85. The maximum Gasteiger partial charge on any atom is 0.271 e. The zero-order valence-electron chi connectivity index (χ0n) is 24.8. The average molecular weight is 622 g/mol. The van der Waals surface area contributed by atoms with Gasteiger partial charge in [-0.1, -0.05) is 95.7 Å². The Hall–Kier alpha value is -4.46. The molecule has 1 atom stereocenters. The Bertz CT molecular complexity index is 2070. The van der Waals surface area contributed by atoms with Crippen LogP contribution in [0.5, 0.6) is 5.75 Å². The lowest BCUT2D eigenvalue weighted by atomic mass is 9.94. The van der Waals surface area contributed by atoms with E-state index >= 15 is 0 Å². The molecule has 1 aliphatic heterocycles. The molecule has 0 aliphatic carbocycles. The Balaban J connectivity index is 1.43. The van der Waals surface area contributed by atoms with E-state index in [2.05, 4.69) is 24.3 Å². The summed E-state index contributed by atoms with van der Waals surface area (Å²) in [4.78, 5) is 35.0. The van der Waals surface area contributed by atoms with Crippen molar-refractivity contribution in [1.29, 1.82) is 0 Å². The fraction of sp³-hybridized carbons (Fsp3) is 0.194. The third-order valence-electron chi connectivity index (χ3n) is 7.96. The van der Waals surface area contributed by atoms with Crippen molar-refractivity contribution in [2.24, 2.45) is 4.99 Å². The highest BCUT2D eigenvalue weighted by Crippen LogP contribution is 2.32. The fourth-order valence-electron chi connectivity index (χ4n) is 5.68. The van der Waals surface area contributed by atoms with Crippen molar-refractivity contribution in [3.8, 4) is 5.75 Å². The lowest BCUT2D eigenvalue weighted by Crippen LogP contribution is -2.43. The van der Waals surface area contributed by atoms with Gasteiger partial charge < -0.3 is 9.64 Å². The number of likely N-dealkylation sites (N-methyl/N-ethyl adjacent to an activating group) is 1. The summed E-state index contributed by atoms with van der Waals surface area (Å²) in [5, 5.41) is 2.89. The van der Waals surface area contributed by atoms with Gasteiger partial charge in [-0.25, -0.2) is 4.99 Å². The number of nitrogens with zero attached hydrogens (tertiary/aromatic N) is 3. The largest absolute Gasteiger partial charge is 0.488 e. The van der Waals surface area contributed by atoms with Crippen LogP contribution in [0.25, 0.3) is 16.8 Å². The van der Waals surface area contributed by atoms with Gasteiger partial charge in [-0.3, -0.25) is 14.2 Å². The molecular weight excluding hydrogens is 590 g/mol. The van der Waals surface area contributed by atoms with Gasteiger partial charge in [-0.05, 0) is 66.9 Å². The summed E-state index contributed by atoms with van der Waals surface area (Å²) in [7, 11) is 0. The predicted octanol–water partition coefficient (Wildman–Crippen LogP) is 6.49. The van der Waals surface area contributed by atoms with Crippen molar-refractivity contribution in [2.45, 2.75) is 33.4 Å². The number of benzene rings is 4. The molecule has 1 amide bonds. The zero-order valence-corrected chi connectivity index (χ0v) is 26.4. The number of fused-ring (bicyclic) bond motifs is 2. The highest BCUT2D eigenvalue weighted by molar-refractivity contribution is 7.07. The minimum atomic E-state index is -0.628. The number of rotatable bonds is 8. The molecule has 8 heteroatoms. The quantitative estimate of drug-likeness (QED) is 0.199. The maximum atomic E-state index is 14.2. The first kappa shape index (κ1) is 29.6. The van der Waals surface area contributed by atoms with Crippen LogP contribution in [0.1, 0.15) is 43.5 Å². The molecule has 0 bridgehead atoms.